The SMILES string of the molecule is Cc1cc(=O)c(C(=O)N(C)C(C)c2ccc(S(C)(=O)=O)cc2)nn1-c1ccccc1[N+](=O)[O-]. The first kappa shape index (κ1) is 23.8. The molecule has 1 atom stereocenters. The minimum atomic E-state index is -3.36. The Hall–Kier alpha value is -3.86. The fourth-order valence-corrected chi connectivity index (χ4v) is 3.93. The van der Waals surface area contributed by atoms with E-state index in [-0.39, 0.29) is 22.0 Å². The molecule has 3 rings (SSSR count). The van der Waals surface area contributed by atoms with Gasteiger partial charge in [-0.15, -0.1) is 0 Å². The van der Waals surface area contributed by atoms with Crippen LogP contribution in [0.1, 0.15) is 34.7 Å². The first-order valence-corrected chi connectivity index (χ1v) is 11.7. The molecule has 11 heteroatoms. The largest absolute Gasteiger partial charge is 0.333 e. The highest BCUT2D eigenvalue weighted by Crippen LogP contribution is 2.24. The van der Waals surface area contributed by atoms with Crippen LogP contribution in [0.5, 0.6) is 0 Å². The van der Waals surface area contributed by atoms with Gasteiger partial charge in [-0.1, -0.05) is 24.3 Å². The van der Waals surface area contributed by atoms with Crippen LogP contribution in [-0.2, 0) is 9.84 Å². The lowest BCUT2D eigenvalue weighted by Gasteiger charge is -2.25. The summed E-state index contributed by atoms with van der Waals surface area (Å²) >= 11 is 0. The van der Waals surface area contributed by atoms with Crippen molar-refractivity contribution < 1.29 is 18.1 Å². The molecule has 3 aromatic rings. The predicted molar refractivity (Wildman–Crippen MR) is 121 cm³/mol. The first-order chi connectivity index (χ1) is 15.4. The van der Waals surface area contributed by atoms with E-state index in [0.717, 1.165) is 6.26 Å². The third-order valence-electron chi connectivity index (χ3n) is 5.31. The van der Waals surface area contributed by atoms with Gasteiger partial charge in [-0.05, 0) is 37.6 Å². The van der Waals surface area contributed by atoms with Crippen molar-refractivity contribution in [2.24, 2.45) is 0 Å². The highest BCUT2D eigenvalue weighted by Gasteiger charge is 2.25. The maximum absolute atomic E-state index is 13.1. The van der Waals surface area contributed by atoms with E-state index < -0.39 is 32.1 Å². The number of nitro benzene ring substituents is 1. The molecule has 0 saturated carbocycles. The predicted octanol–water partition coefficient (Wildman–Crippen LogP) is 2.69. The average molecular weight is 471 g/mol. The summed E-state index contributed by atoms with van der Waals surface area (Å²) in [5.74, 6) is -0.674. The van der Waals surface area contributed by atoms with Gasteiger partial charge in [-0.2, -0.15) is 5.10 Å². The van der Waals surface area contributed by atoms with Crippen LogP contribution in [0, 0.1) is 17.0 Å². The zero-order chi connectivity index (χ0) is 24.5. The maximum Gasteiger partial charge on any atom is 0.294 e. The number of hydrogen-bond donors (Lipinski definition) is 0. The van der Waals surface area contributed by atoms with E-state index in [1.54, 1.807) is 32.0 Å². The number of sulfone groups is 1. The van der Waals surface area contributed by atoms with Crippen LogP contribution in [-0.4, -0.2) is 47.2 Å². The van der Waals surface area contributed by atoms with Gasteiger partial charge < -0.3 is 4.90 Å². The number of benzene rings is 2. The van der Waals surface area contributed by atoms with E-state index in [2.05, 4.69) is 5.10 Å². The molecule has 0 aliphatic carbocycles. The summed E-state index contributed by atoms with van der Waals surface area (Å²) in [5.41, 5.74) is -0.106. The summed E-state index contributed by atoms with van der Waals surface area (Å²) in [4.78, 5) is 38.0. The summed E-state index contributed by atoms with van der Waals surface area (Å²) in [5, 5.41) is 15.6. The zero-order valence-electron chi connectivity index (χ0n) is 18.4. The number of nitro groups is 1. The Labute approximate surface area is 190 Å². The second kappa shape index (κ2) is 8.94. The van der Waals surface area contributed by atoms with Gasteiger partial charge in [0.25, 0.3) is 11.6 Å². The highest BCUT2D eigenvalue weighted by atomic mass is 32.2. The van der Waals surface area contributed by atoms with Gasteiger partial charge in [-0.25, -0.2) is 13.1 Å². The number of nitrogens with zero attached hydrogens (tertiary/aromatic N) is 4. The Morgan fingerprint density at radius 3 is 2.33 bits per heavy atom. The molecule has 0 fully saturated rings. The second-order valence-electron chi connectivity index (χ2n) is 7.59. The van der Waals surface area contributed by atoms with Gasteiger partial charge in [0.2, 0.25) is 5.43 Å². The van der Waals surface area contributed by atoms with Crippen LogP contribution < -0.4 is 5.43 Å². The van der Waals surface area contributed by atoms with Gasteiger partial charge in [0.1, 0.15) is 5.69 Å². The standard InChI is InChI=1S/C22H22N4O6S/c1-14-13-20(27)21(23-25(14)18-7-5-6-8-19(18)26(29)30)22(28)24(3)15(2)16-9-11-17(12-10-16)33(4,31)32/h5-13,15H,1-4H3. The average Bonchev–Trinajstić information content (AvgIpc) is 2.77. The van der Waals surface area contributed by atoms with E-state index >= 15 is 0 Å². The van der Waals surface area contributed by atoms with Crippen molar-refractivity contribution in [2.45, 2.75) is 24.8 Å². The molecule has 0 saturated heterocycles. The fourth-order valence-electron chi connectivity index (χ4n) is 3.30. The van der Waals surface area contributed by atoms with E-state index in [0.29, 0.717) is 11.3 Å². The summed E-state index contributed by atoms with van der Waals surface area (Å²) < 4.78 is 24.5. The molecule has 2 aromatic carbocycles. The summed E-state index contributed by atoms with van der Waals surface area (Å²) in [6.45, 7) is 3.29. The van der Waals surface area contributed by atoms with Crippen molar-refractivity contribution >= 4 is 21.4 Å². The summed E-state index contributed by atoms with van der Waals surface area (Å²) in [6.07, 6.45) is 1.10. The molecule has 33 heavy (non-hydrogen) atoms. The minimum absolute atomic E-state index is 0.126. The summed E-state index contributed by atoms with van der Waals surface area (Å²) in [6, 6.07) is 12.7. The third kappa shape index (κ3) is 4.82. The molecule has 0 radical (unpaired) electrons. The molecule has 1 unspecified atom stereocenters. The molecular weight excluding hydrogens is 448 g/mol. The Morgan fingerprint density at radius 1 is 1.15 bits per heavy atom. The van der Waals surface area contributed by atoms with Crippen LogP contribution in [0.25, 0.3) is 5.69 Å². The number of carbonyl (C=O) groups excluding carboxylic acids is 1. The monoisotopic (exact) mass is 470 g/mol. The van der Waals surface area contributed by atoms with Crippen LogP contribution in [0.15, 0.2) is 64.3 Å². The van der Waals surface area contributed by atoms with Gasteiger partial charge >= 0.3 is 0 Å². The summed E-state index contributed by atoms with van der Waals surface area (Å²) in [7, 11) is -1.86. The third-order valence-corrected chi connectivity index (χ3v) is 6.44. The molecule has 0 aliphatic rings. The Morgan fingerprint density at radius 2 is 1.76 bits per heavy atom. The Bertz CT molecular complexity index is 1400. The molecule has 172 valence electrons. The van der Waals surface area contributed by atoms with Crippen molar-refractivity contribution in [3.8, 4) is 5.69 Å². The first-order valence-electron chi connectivity index (χ1n) is 9.83. The lowest BCUT2D eigenvalue weighted by molar-refractivity contribution is -0.384. The molecule has 0 N–H and O–H groups in total. The van der Waals surface area contributed by atoms with Gasteiger partial charge in [-0.3, -0.25) is 19.7 Å². The zero-order valence-corrected chi connectivity index (χ0v) is 19.2. The van der Waals surface area contributed by atoms with Crippen LogP contribution >= 0.6 is 0 Å². The van der Waals surface area contributed by atoms with Crippen molar-refractivity contribution in [1.82, 2.24) is 14.7 Å². The van der Waals surface area contributed by atoms with E-state index in [9.17, 15) is 28.1 Å². The van der Waals surface area contributed by atoms with Crippen molar-refractivity contribution in [2.75, 3.05) is 13.3 Å². The number of amides is 1. The Balaban J connectivity index is 2.00. The van der Waals surface area contributed by atoms with Gasteiger partial charge in [0.05, 0.1) is 15.9 Å². The second-order valence-corrected chi connectivity index (χ2v) is 9.61. The smallest absolute Gasteiger partial charge is 0.294 e. The van der Waals surface area contributed by atoms with Crippen LogP contribution in [0.2, 0.25) is 0 Å². The molecule has 1 aromatic heterocycles. The molecule has 0 bridgehead atoms. The number of aromatic nitrogens is 2. The van der Waals surface area contributed by atoms with Gasteiger partial charge in [0, 0.05) is 31.1 Å². The normalized spacial score (nSPS) is 12.2. The lowest BCUT2D eigenvalue weighted by atomic mass is 10.1. The van der Waals surface area contributed by atoms with E-state index in [1.165, 1.54) is 53.0 Å². The number of hydrogen-bond acceptors (Lipinski definition) is 7. The topological polar surface area (TPSA) is 132 Å². The quantitative estimate of drug-likeness (QED) is 0.399. The minimum Gasteiger partial charge on any atom is -0.333 e. The van der Waals surface area contributed by atoms with E-state index in [1.807, 2.05) is 0 Å². The molecule has 0 spiro atoms. The highest BCUT2D eigenvalue weighted by molar-refractivity contribution is 7.90. The van der Waals surface area contributed by atoms with Crippen LogP contribution in [0.3, 0.4) is 0 Å². The lowest BCUT2D eigenvalue weighted by Crippen LogP contribution is -2.35. The van der Waals surface area contributed by atoms with E-state index in [4.69, 9.17) is 0 Å². The van der Waals surface area contributed by atoms with Crippen LogP contribution in [0.4, 0.5) is 5.69 Å². The molecule has 1 heterocycles. The molecule has 10 nitrogen and oxygen atoms in total. The molecule has 0 aliphatic heterocycles. The van der Waals surface area contributed by atoms with Crippen molar-refractivity contribution in [3.05, 3.63) is 91.9 Å². The van der Waals surface area contributed by atoms with Crippen molar-refractivity contribution in [1.29, 1.82) is 0 Å². The Kier molecular flexibility index (Phi) is 6.45. The molecular formula is C22H22N4O6S. The number of carbonyl (C=O) groups is 1. The van der Waals surface area contributed by atoms with Gasteiger partial charge in [0.15, 0.2) is 15.5 Å². The number of rotatable bonds is 6. The number of para-hydroxylation sites is 2. The maximum atomic E-state index is 13.1. The van der Waals surface area contributed by atoms with Crippen molar-refractivity contribution in [3.63, 3.8) is 0 Å². The fraction of sp³-hybridized carbons (Fsp3) is 0.227. The number of aryl methyl sites for hydroxylation is 1. The molecule has 1 amide bonds.